The number of anilines is 1. The number of hydrogen-bond acceptors (Lipinski definition) is 4. The van der Waals surface area contributed by atoms with Gasteiger partial charge in [0, 0.05) is 17.8 Å². The van der Waals surface area contributed by atoms with Crippen LogP contribution in [0.2, 0.25) is 5.02 Å². The minimum absolute atomic E-state index is 0.0852. The van der Waals surface area contributed by atoms with Gasteiger partial charge in [-0.3, -0.25) is 14.9 Å². The summed E-state index contributed by atoms with van der Waals surface area (Å²) in [7, 11) is 0. The Morgan fingerprint density at radius 1 is 1.32 bits per heavy atom. The lowest BCUT2D eigenvalue weighted by atomic mass is 9.97. The van der Waals surface area contributed by atoms with E-state index in [2.05, 4.69) is 19.2 Å². The Bertz CT molecular complexity index is 779. The summed E-state index contributed by atoms with van der Waals surface area (Å²) in [5.41, 5.74) is 1.68. The summed E-state index contributed by atoms with van der Waals surface area (Å²) in [4.78, 5) is 22.3. The predicted octanol–water partition coefficient (Wildman–Crippen LogP) is 4.78. The maximum absolute atomic E-state index is 12.1. The highest BCUT2D eigenvalue weighted by Crippen LogP contribution is 2.29. The molecule has 0 spiro atoms. The third-order valence-corrected chi connectivity index (χ3v) is 4.16. The van der Waals surface area contributed by atoms with Crippen molar-refractivity contribution in [2.45, 2.75) is 26.2 Å². The van der Waals surface area contributed by atoms with Crippen LogP contribution in [-0.2, 0) is 4.79 Å². The molecule has 0 heterocycles. The van der Waals surface area contributed by atoms with Gasteiger partial charge >= 0.3 is 0 Å². The van der Waals surface area contributed by atoms with E-state index in [1.165, 1.54) is 18.2 Å². The Morgan fingerprint density at radius 2 is 2.04 bits per heavy atom. The zero-order valence-electron chi connectivity index (χ0n) is 14.0. The fraction of sp³-hybridized carbons (Fsp3) is 0.278. The van der Waals surface area contributed by atoms with Crippen molar-refractivity contribution < 1.29 is 14.5 Å². The van der Waals surface area contributed by atoms with Crippen LogP contribution in [0.25, 0.3) is 0 Å². The first-order chi connectivity index (χ1) is 11.9. The number of carbonyl (C=O) groups excluding carboxylic acids is 1. The second-order valence-corrected chi connectivity index (χ2v) is 6.01. The van der Waals surface area contributed by atoms with Gasteiger partial charge in [0.15, 0.2) is 6.61 Å². The number of rotatable bonds is 7. The minimum atomic E-state index is -0.547. The van der Waals surface area contributed by atoms with Crippen molar-refractivity contribution in [3.05, 3.63) is 63.2 Å². The molecule has 0 saturated heterocycles. The second kappa shape index (κ2) is 8.48. The number of ether oxygens (including phenoxy) is 1. The van der Waals surface area contributed by atoms with E-state index in [9.17, 15) is 14.9 Å². The fourth-order valence-corrected chi connectivity index (χ4v) is 2.54. The molecule has 2 rings (SSSR count). The van der Waals surface area contributed by atoms with Gasteiger partial charge in [0.1, 0.15) is 5.75 Å². The van der Waals surface area contributed by atoms with E-state index >= 15 is 0 Å². The van der Waals surface area contributed by atoms with Crippen LogP contribution in [0.3, 0.4) is 0 Å². The highest BCUT2D eigenvalue weighted by atomic mass is 35.5. The summed E-state index contributed by atoms with van der Waals surface area (Å²) in [6.45, 7) is 3.94. The molecule has 132 valence electrons. The van der Waals surface area contributed by atoms with E-state index in [0.29, 0.717) is 5.92 Å². The molecule has 1 amide bonds. The van der Waals surface area contributed by atoms with Gasteiger partial charge in [-0.2, -0.15) is 0 Å². The van der Waals surface area contributed by atoms with Crippen LogP contribution < -0.4 is 10.1 Å². The number of benzene rings is 2. The number of halogens is 1. The maximum atomic E-state index is 12.1. The molecule has 7 heteroatoms. The van der Waals surface area contributed by atoms with Crippen LogP contribution in [0.1, 0.15) is 31.7 Å². The number of amides is 1. The topological polar surface area (TPSA) is 81.5 Å². The van der Waals surface area contributed by atoms with Gasteiger partial charge in [-0.05, 0) is 30.0 Å². The van der Waals surface area contributed by atoms with Crippen molar-refractivity contribution in [3.63, 3.8) is 0 Å². The highest BCUT2D eigenvalue weighted by Gasteiger charge is 2.14. The number of nitrogens with zero attached hydrogens (tertiary/aromatic N) is 1. The third kappa shape index (κ3) is 4.93. The Balaban J connectivity index is 2.01. The SMILES string of the molecule is CC[C@H](C)c1ccccc1NC(=O)COc1ccc([N+](=O)[O-])cc1Cl. The molecule has 0 fully saturated rings. The van der Waals surface area contributed by atoms with Gasteiger partial charge in [-0.25, -0.2) is 0 Å². The average molecular weight is 363 g/mol. The first kappa shape index (κ1) is 18.7. The summed E-state index contributed by atoms with van der Waals surface area (Å²) < 4.78 is 5.37. The van der Waals surface area contributed by atoms with Crippen LogP contribution >= 0.6 is 11.6 Å². The van der Waals surface area contributed by atoms with Crippen molar-refractivity contribution in [2.24, 2.45) is 0 Å². The normalized spacial score (nSPS) is 11.6. The number of nitro benzene ring substituents is 1. The van der Waals surface area contributed by atoms with Crippen LogP contribution in [0.15, 0.2) is 42.5 Å². The molecule has 0 radical (unpaired) electrons. The van der Waals surface area contributed by atoms with Crippen molar-refractivity contribution in [1.29, 1.82) is 0 Å². The number of nitrogens with one attached hydrogen (secondary N) is 1. The lowest BCUT2D eigenvalue weighted by Gasteiger charge is -2.16. The molecule has 0 aliphatic heterocycles. The lowest BCUT2D eigenvalue weighted by molar-refractivity contribution is -0.384. The van der Waals surface area contributed by atoms with Crippen molar-refractivity contribution in [3.8, 4) is 5.75 Å². The standard InChI is InChI=1S/C18H19ClN2O4/c1-3-12(2)14-6-4-5-7-16(14)20-18(22)11-25-17-9-8-13(21(23)24)10-15(17)19/h4-10,12H,3,11H2,1-2H3,(H,20,22)/t12-/m0/s1. The average Bonchev–Trinajstić information content (AvgIpc) is 2.60. The van der Waals surface area contributed by atoms with Gasteiger partial charge < -0.3 is 10.1 Å². The van der Waals surface area contributed by atoms with Gasteiger partial charge in [0.05, 0.1) is 9.95 Å². The Hall–Kier alpha value is -2.60. The molecule has 1 N–H and O–H groups in total. The Kier molecular flexibility index (Phi) is 6.36. The smallest absolute Gasteiger partial charge is 0.271 e. The molecular weight excluding hydrogens is 344 g/mol. The summed E-state index contributed by atoms with van der Waals surface area (Å²) in [5, 5.41) is 13.6. The van der Waals surface area contributed by atoms with Gasteiger partial charge in [0.25, 0.3) is 11.6 Å². The van der Waals surface area contributed by atoms with E-state index in [4.69, 9.17) is 16.3 Å². The van der Waals surface area contributed by atoms with Gasteiger partial charge in [-0.1, -0.05) is 43.6 Å². The first-order valence-electron chi connectivity index (χ1n) is 7.87. The summed E-state index contributed by atoms with van der Waals surface area (Å²) in [5.74, 6) is 0.212. The molecule has 0 aromatic heterocycles. The quantitative estimate of drug-likeness (QED) is 0.567. The van der Waals surface area contributed by atoms with E-state index in [1.54, 1.807) is 0 Å². The molecule has 0 bridgehead atoms. The van der Waals surface area contributed by atoms with Crippen LogP contribution in [0, 0.1) is 10.1 Å². The van der Waals surface area contributed by atoms with Crippen LogP contribution in [0.5, 0.6) is 5.75 Å². The van der Waals surface area contributed by atoms with Gasteiger partial charge in [-0.15, -0.1) is 0 Å². The largest absolute Gasteiger partial charge is 0.482 e. The Labute approximate surface area is 150 Å². The summed E-state index contributed by atoms with van der Waals surface area (Å²) >= 11 is 5.94. The number of nitro groups is 1. The predicted molar refractivity (Wildman–Crippen MR) is 97.4 cm³/mol. The van der Waals surface area contributed by atoms with Crippen LogP contribution in [0.4, 0.5) is 11.4 Å². The summed E-state index contributed by atoms with van der Waals surface area (Å²) in [6.07, 6.45) is 0.960. The Morgan fingerprint density at radius 3 is 2.68 bits per heavy atom. The molecule has 0 saturated carbocycles. The monoisotopic (exact) mass is 362 g/mol. The van der Waals surface area contributed by atoms with Gasteiger partial charge in [0.2, 0.25) is 0 Å². The second-order valence-electron chi connectivity index (χ2n) is 5.61. The number of carbonyl (C=O) groups is 1. The molecule has 0 aliphatic rings. The lowest BCUT2D eigenvalue weighted by Crippen LogP contribution is -2.21. The van der Waals surface area contributed by atoms with Crippen molar-refractivity contribution in [2.75, 3.05) is 11.9 Å². The third-order valence-electron chi connectivity index (χ3n) is 3.86. The van der Waals surface area contributed by atoms with E-state index < -0.39 is 4.92 Å². The molecule has 0 aliphatic carbocycles. The van der Waals surface area contributed by atoms with Crippen molar-refractivity contribution >= 4 is 28.9 Å². The van der Waals surface area contributed by atoms with Crippen LogP contribution in [-0.4, -0.2) is 17.4 Å². The minimum Gasteiger partial charge on any atom is -0.482 e. The van der Waals surface area contributed by atoms with Crippen molar-refractivity contribution in [1.82, 2.24) is 0 Å². The number of para-hydroxylation sites is 1. The number of non-ortho nitro benzene ring substituents is 1. The maximum Gasteiger partial charge on any atom is 0.271 e. The molecule has 6 nitrogen and oxygen atoms in total. The van der Waals surface area contributed by atoms with E-state index in [-0.39, 0.29) is 29.0 Å². The molecule has 25 heavy (non-hydrogen) atoms. The molecule has 0 unspecified atom stereocenters. The van der Waals surface area contributed by atoms with E-state index in [1.807, 2.05) is 24.3 Å². The highest BCUT2D eigenvalue weighted by molar-refractivity contribution is 6.32. The van der Waals surface area contributed by atoms with E-state index in [0.717, 1.165) is 17.7 Å². The molecule has 2 aromatic rings. The number of hydrogen-bond donors (Lipinski definition) is 1. The fourth-order valence-electron chi connectivity index (χ4n) is 2.31. The zero-order valence-corrected chi connectivity index (χ0v) is 14.7. The summed E-state index contributed by atoms with van der Waals surface area (Å²) in [6, 6.07) is 11.5. The first-order valence-corrected chi connectivity index (χ1v) is 8.25. The molecule has 2 aromatic carbocycles. The molecule has 1 atom stereocenters. The zero-order chi connectivity index (χ0) is 18.4. The molecular formula is C18H19ClN2O4.